The fourth-order valence-corrected chi connectivity index (χ4v) is 2.49. The van der Waals surface area contributed by atoms with Gasteiger partial charge in [-0.05, 0) is 25.0 Å². The zero-order chi connectivity index (χ0) is 14.5. The lowest BCUT2D eigenvalue weighted by Crippen LogP contribution is -2.33. The van der Waals surface area contributed by atoms with E-state index in [0.717, 1.165) is 0 Å². The zero-order valence-electron chi connectivity index (χ0n) is 11.1. The number of ether oxygens (including phenoxy) is 1. The third kappa shape index (κ3) is 3.85. The summed E-state index contributed by atoms with van der Waals surface area (Å²) in [5.41, 5.74) is 5.68. The lowest BCUT2D eigenvalue weighted by Gasteiger charge is -2.11. The summed E-state index contributed by atoms with van der Waals surface area (Å²) in [6.07, 6.45) is 0.377. The molecule has 1 aromatic rings. The van der Waals surface area contributed by atoms with Crippen LogP contribution in [0.2, 0.25) is 5.02 Å². The number of nitrogens with one attached hydrogen (secondary N) is 1. The first-order chi connectivity index (χ1) is 9.58. The van der Waals surface area contributed by atoms with Gasteiger partial charge in [0.2, 0.25) is 5.91 Å². The van der Waals surface area contributed by atoms with E-state index in [9.17, 15) is 9.90 Å². The van der Waals surface area contributed by atoms with E-state index in [1.165, 1.54) is 0 Å². The van der Waals surface area contributed by atoms with Crippen molar-refractivity contribution in [2.24, 2.45) is 11.7 Å². The summed E-state index contributed by atoms with van der Waals surface area (Å²) < 4.78 is 5.47. The number of hydrogen-bond acceptors (Lipinski definition) is 4. The van der Waals surface area contributed by atoms with Gasteiger partial charge in [0.15, 0.2) is 0 Å². The average molecular weight is 299 g/mol. The van der Waals surface area contributed by atoms with E-state index >= 15 is 0 Å². The van der Waals surface area contributed by atoms with Crippen LogP contribution in [0.4, 0.5) is 0 Å². The Kier molecular flexibility index (Phi) is 5.23. The van der Waals surface area contributed by atoms with Gasteiger partial charge in [0.25, 0.3) is 0 Å². The minimum atomic E-state index is -0.579. The first-order valence-corrected chi connectivity index (χ1v) is 7.04. The van der Waals surface area contributed by atoms with Crippen molar-refractivity contribution in [2.75, 3.05) is 13.2 Å². The van der Waals surface area contributed by atoms with Crippen LogP contribution in [0, 0.1) is 5.92 Å². The average Bonchev–Trinajstić information content (AvgIpc) is 2.76. The summed E-state index contributed by atoms with van der Waals surface area (Å²) in [6, 6.07) is 6.88. The molecule has 20 heavy (non-hydrogen) atoms. The van der Waals surface area contributed by atoms with Crippen LogP contribution in [0.1, 0.15) is 12.8 Å². The molecule has 0 bridgehead atoms. The van der Waals surface area contributed by atoms with Crippen LogP contribution in [0.3, 0.4) is 0 Å². The Balaban J connectivity index is 1.69. The molecule has 0 spiro atoms. The van der Waals surface area contributed by atoms with Gasteiger partial charge >= 0.3 is 0 Å². The van der Waals surface area contributed by atoms with E-state index in [1.807, 2.05) is 12.1 Å². The molecule has 0 aromatic heterocycles. The smallest absolute Gasteiger partial charge is 0.223 e. The Labute approximate surface area is 123 Å². The number of aliphatic hydroxyl groups excluding tert-OH is 1. The molecular weight excluding hydrogens is 280 g/mol. The molecule has 110 valence electrons. The zero-order valence-corrected chi connectivity index (χ0v) is 11.8. The van der Waals surface area contributed by atoms with Crippen LogP contribution in [-0.4, -0.2) is 36.3 Å². The lowest BCUT2D eigenvalue weighted by atomic mass is 10.1. The molecule has 0 radical (unpaired) electrons. The normalized spacial score (nSPS) is 25.4. The van der Waals surface area contributed by atoms with Gasteiger partial charge in [-0.1, -0.05) is 23.7 Å². The molecule has 0 unspecified atom stereocenters. The van der Waals surface area contributed by atoms with E-state index < -0.39 is 6.10 Å². The molecule has 0 heterocycles. The Morgan fingerprint density at radius 2 is 2.20 bits per heavy atom. The monoisotopic (exact) mass is 298 g/mol. The second kappa shape index (κ2) is 6.92. The van der Waals surface area contributed by atoms with Gasteiger partial charge in [0.1, 0.15) is 12.4 Å². The SMILES string of the molecule is N[C@@H]1C[C@H](C(=O)NCCOc2ccccc2Cl)C[C@H]1O. The Hall–Kier alpha value is -1.30. The van der Waals surface area contributed by atoms with Crippen molar-refractivity contribution in [1.29, 1.82) is 0 Å². The van der Waals surface area contributed by atoms with Crippen LogP contribution >= 0.6 is 11.6 Å². The maximum Gasteiger partial charge on any atom is 0.223 e. The van der Waals surface area contributed by atoms with Crippen LogP contribution in [0.5, 0.6) is 5.75 Å². The van der Waals surface area contributed by atoms with E-state index in [4.69, 9.17) is 22.1 Å². The molecule has 1 aromatic carbocycles. The van der Waals surface area contributed by atoms with Crippen molar-refractivity contribution in [2.45, 2.75) is 25.0 Å². The molecule has 3 atom stereocenters. The van der Waals surface area contributed by atoms with E-state index in [1.54, 1.807) is 12.1 Å². The molecule has 1 saturated carbocycles. The summed E-state index contributed by atoms with van der Waals surface area (Å²) in [4.78, 5) is 11.9. The van der Waals surface area contributed by atoms with Crippen molar-refractivity contribution >= 4 is 17.5 Å². The Bertz CT molecular complexity index is 459. The minimum absolute atomic E-state index is 0.0836. The van der Waals surface area contributed by atoms with Crippen LogP contribution < -0.4 is 15.8 Å². The standard InChI is InChI=1S/C14H19ClN2O3/c15-10-3-1-2-4-13(10)20-6-5-17-14(19)9-7-11(16)12(18)8-9/h1-4,9,11-12,18H,5-8,16H2,(H,17,19)/t9-,11+,12+/m0/s1. The molecule has 1 aliphatic rings. The molecule has 6 heteroatoms. The summed E-state index contributed by atoms with van der Waals surface area (Å²) in [7, 11) is 0. The number of amides is 1. The molecule has 4 N–H and O–H groups in total. The third-order valence-electron chi connectivity index (χ3n) is 3.44. The fraction of sp³-hybridized carbons (Fsp3) is 0.500. The van der Waals surface area contributed by atoms with E-state index in [-0.39, 0.29) is 17.9 Å². The Morgan fingerprint density at radius 1 is 1.45 bits per heavy atom. The number of halogens is 1. The van der Waals surface area contributed by atoms with Crippen molar-refractivity contribution in [3.05, 3.63) is 29.3 Å². The van der Waals surface area contributed by atoms with Crippen molar-refractivity contribution in [3.8, 4) is 5.75 Å². The van der Waals surface area contributed by atoms with Crippen LogP contribution in [0.15, 0.2) is 24.3 Å². The number of carbonyl (C=O) groups excluding carboxylic acids is 1. The first kappa shape index (κ1) is 15.1. The van der Waals surface area contributed by atoms with Crippen molar-refractivity contribution in [1.82, 2.24) is 5.32 Å². The number of benzene rings is 1. The van der Waals surface area contributed by atoms with Gasteiger partial charge in [-0.15, -0.1) is 0 Å². The van der Waals surface area contributed by atoms with Gasteiger partial charge in [-0.2, -0.15) is 0 Å². The molecule has 1 amide bonds. The maximum atomic E-state index is 11.9. The van der Waals surface area contributed by atoms with Gasteiger partial charge in [0.05, 0.1) is 17.7 Å². The molecule has 1 fully saturated rings. The summed E-state index contributed by atoms with van der Waals surface area (Å²) in [5.74, 6) is 0.307. The van der Waals surface area contributed by atoms with Gasteiger partial charge in [0, 0.05) is 12.0 Å². The third-order valence-corrected chi connectivity index (χ3v) is 3.76. The highest BCUT2D eigenvalue weighted by molar-refractivity contribution is 6.32. The predicted molar refractivity (Wildman–Crippen MR) is 76.7 cm³/mol. The predicted octanol–water partition coefficient (Wildman–Crippen LogP) is 0.933. The number of hydrogen-bond donors (Lipinski definition) is 3. The lowest BCUT2D eigenvalue weighted by molar-refractivity contribution is -0.125. The molecular formula is C14H19ClN2O3. The second-order valence-electron chi connectivity index (χ2n) is 4.97. The molecule has 0 saturated heterocycles. The van der Waals surface area contributed by atoms with E-state index in [2.05, 4.69) is 5.32 Å². The highest BCUT2D eigenvalue weighted by Gasteiger charge is 2.34. The largest absolute Gasteiger partial charge is 0.490 e. The number of nitrogens with two attached hydrogens (primary N) is 1. The number of para-hydroxylation sites is 1. The highest BCUT2D eigenvalue weighted by Crippen LogP contribution is 2.25. The number of carbonyl (C=O) groups is 1. The molecule has 0 aliphatic heterocycles. The maximum absolute atomic E-state index is 11.9. The number of aliphatic hydroxyl groups is 1. The molecule has 2 rings (SSSR count). The quantitative estimate of drug-likeness (QED) is 0.706. The van der Waals surface area contributed by atoms with Gasteiger partial charge < -0.3 is 20.9 Å². The molecule has 5 nitrogen and oxygen atoms in total. The summed E-state index contributed by atoms with van der Waals surface area (Å²) in [6.45, 7) is 0.739. The van der Waals surface area contributed by atoms with Crippen LogP contribution in [-0.2, 0) is 4.79 Å². The van der Waals surface area contributed by atoms with Gasteiger partial charge in [-0.3, -0.25) is 4.79 Å². The van der Waals surface area contributed by atoms with Crippen molar-refractivity contribution < 1.29 is 14.6 Å². The second-order valence-corrected chi connectivity index (χ2v) is 5.38. The fourth-order valence-electron chi connectivity index (χ4n) is 2.30. The number of rotatable bonds is 5. The first-order valence-electron chi connectivity index (χ1n) is 6.66. The van der Waals surface area contributed by atoms with E-state index in [0.29, 0.717) is 36.8 Å². The van der Waals surface area contributed by atoms with Gasteiger partial charge in [-0.25, -0.2) is 0 Å². The van der Waals surface area contributed by atoms with Crippen molar-refractivity contribution in [3.63, 3.8) is 0 Å². The Morgan fingerprint density at radius 3 is 2.85 bits per heavy atom. The highest BCUT2D eigenvalue weighted by atomic mass is 35.5. The van der Waals surface area contributed by atoms with Crippen LogP contribution in [0.25, 0.3) is 0 Å². The topological polar surface area (TPSA) is 84.6 Å². The minimum Gasteiger partial charge on any atom is -0.490 e. The molecule has 1 aliphatic carbocycles. The summed E-state index contributed by atoms with van der Waals surface area (Å²) in [5, 5.41) is 12.9. The summed E-state index contributed by atoms with van der Waals surface area (Å²) >= 11 is 5.95.